The van der Waals surface area contributed by atoms with Gasteiger partial charge in [0.2, 0.25) is 0 Å². The van der Waals surface area contributed by atoms with Crippen molar-refractivity contribution in [2.75, 3.05) is 0 Å². The van der Waals surface area contributed by atoms with Crippen molar-refractivity contribution in [1.29, 1.82) is 0 Å². The Hall–Kier alpha value is 0.109. The minimum atomic E-state index is -0.250. The quantitative estimate of drug-likeness (QED) is 0.351. The monoisotopic (exact) mass is 432 g/mol. The van der Waals surface area contributed by atoms with Gasteiger partial charge in [0.1, 0.15) is 0 Å². The first-order valence-electron chi connectivity index (χ1n) is 8.35. The molecule has 2 aromatic rings. The van der Waals surface area contributed by atoms with Crippen LogP contribution in [0.15, 0.2) is 36.4 Å². The average Bonchev–Trinajstić information content (AvgIpc) is 2.78. The Labute approximate surface area is 186 Å². The molecule has 2 aromatic carbocycles. The number of hydrogen-bond donors (Lipinski definition) is 0. The van der Waals surface area contributed by atoms with Gasteiger partial charge in [0.15, 0.2) is 0 Å². The zero-order valence-corrected chi connectivity index (χ0v) is 20.7. The molecule has 26 heavy (non-hydrogen) atoms. The Morgan fingerprint density at radius 3 is 1.69 bits per heavy atom. The van der Waals surface area contributed by atoms with Crippen molar-refractivity contribution in [3.63, 3.8) is 0 Å². The molecule has 0 atom stereocenters. The summed E-state index contributed by atoms with van der Waals surface area (Å²) in [5.41, 5.74) is 12.5. The van der Waals surface area contributed by atoms with Crippen molar-refractivity contribution in [1.82, 2.24) is 0 Å². The molecule has 6 heteroatoms. The SMILES string of the molecule is CC(C)(C)[NH-].CC(C)[N-]C(C)C.Cc1cc2ccccc2[cH-]1.Cl.Cl.[B]=[Ti]. The van der Waals surface area contributed by atoms with E-state index in [2.05, 4.69) is 81.9 Å². The molecule has 0 saturated carbocycles. The molecule has 2 nitrogen and oxygen atoms in total. The predicted octanol–water partition coefficient (Wildman–Crippen LogP) is 7.34. The first kappa shape index (κ1) is 33.7. The first-order chi connectivity index (χ1) is 11.0. The molecule has 0 heterocycles. The standard InChI is InChI=1S/C10H9.C6H14N.C4H10N.B.2ClH.Ti/c1-8-6-9-4-2-3-5-10(9)7-8;1-5(2)7-6(3)4;1-4(2,3)5;;;;/h2-7H,1H3;5-6H,1-4H3;5H,1-3H3;;2*1H;/q3*-1;;;;. The third-order valence-corrected chi connectivity index (χ3v) is 2.36. The Kier molecular flexibility index (Phi) is 23.9. The van der Waals surface area contributed by atoms with Crippen LogP contribution in [0.4, 0.5) is 0 Å². The van der Waals surface area contributed by atoms with E-state index in [9.17, 15) is 0 Å². The number of rotatable bonds is 2. The van der Waals surface area contributed by atoms with Gasteiger partial charge in [-0.2, -0.15) is 6.07 Å². The molecule has 0 amide bonds. The number of nitrogens with one attached hydrogen (secondary N) is 1. The zero-order valence-electron chi connectivity index (χ0n) is 17.5. The van der Waals surface area contributed by atoms with Crippen LogP contribution < -0.4 is 0 Å². The van der Waals surface area contributed by atoms with Gasteiger partial charge in [0.05, 0.1) is 0 Å². The number of hydrogen-bond acceptors (Lipinski definition) is 0. The van der Waals surface area contributed by atoms with E-state index in [0.717, 1.165) is 0 Å². The molecule has 0 bridgehead atoms. The van der Waals surface area contributed by atoms with E-state index in [1.54, 1.807) is 0 Å². The van der Waals surface area contributed by atoms with E-state index in [1.165, 1.54) is 36.1 Å². The van der Waals surface area contributed by atoms with Crippen LogP contribution in [0.2, 0.25) is 0 Å². The molecule has 0 fully saturated rings. The van der Waals surface area contributed by atoms with Crippen LogP contribution in [0, 0.1) is 6.92 Å². The zero-order chi connectivity index (χ0) is 19.3. The van der Waals surface area contributed by atoms with Gasteiger partial charge in [-0.25, -0.2) is 0 Å². The minimum absolute atomic E-state index is 0. The molecular formula is C20H35BCl2N2Ti-3. The molecule has 0 unspecified atom stereocenters. The molecule has 0 aliphatic carbocycles. The third-order valence-electron chi connectivity index (χ3n) is 2.36. The summed E-state index contributed by atoms with van der Waals surface area (Å²) >= 11 is 1.50. The maximum absolute atomic E-state index is 6.94. The normalized spacial score (nSPS) is 9.42. The van der Waals surface area contributed by atoms with Crippen LogP contribution in [-0.4, -0.2) is 23.2 Å². The third kappa shape index (κ3) is 24.1. The fraction of sp³-hybridized carbons (Fsp3) is 0.550. The molecule has 0 saturated heterocycles. The van der Waals surface area contributed by atoms with Crippen LogP contribution in [0.3, 0.4) is 0 Å². The van der Waals surface area contributed by atoms with Gasteiger partial charge >= 0.3 is 25.3 Å². The second-order valence-corrected chi connectivity index (χ2v) is 7.25. The molecule has 1 N–H and O–H groups in total. The second-order valence-electron chi connectivity index (χ2n) is 7.25. The summed E-state index contributed by atoms with van der Waals surface area (Å²) in [7, 11) is 0. The van der Waals surface area contributed by atoms with Crippen molar-refractivity contribution in [3.8, 4) is 0 Å². The van der Waals surface area contributed by atoms with Gasteiger partial charge < -0.3 is 11.1 Å². The van der Waals surface area contributed by atoms with E-state index in [-0.39, 0.29) is 30.4 Å². The summed E-state index contributed by atoms with van der Waals surface area (Å²) in [6, 6.07) is 13.8. The van der Waals surface area contributed by atoms with Crippen molar-refractivity contribution in [2.24, 2.45) is 0 Å². The van der Waals surface area contributed by atoms with Gasteiger partial charge in [-0.15, -0.1) is 83.0 Å². The van der Waals surface area contributed by atoms with E-state index < -0.39 is 0 Å². The van der Waals surface area contributed by atoms with Crippen molar-refractivity contribution in [3.05, 3.63) is 53.0 Å². The fourth-order valence-electron chi connectivity index (χ4n) is 1.90. The molecule has 0 spiro atoms. The van der Waals surface area contributed by atoms with Gasteiger partial charge in [-0.3, -0.25) is 0 Å². The molecule has 0 aliphatic heterocycles. The maximum atomic E-state index is 6.94. The summed E-state index contributed by atoms with van der Waals surface area (Å²) in [6.45, 7) is 16.1. The number of benzene rings is 1. The molecule has 0 aliphatic rings. The summed E-state index contributed by atoms with van der Waals surface area (Å²) in [5, 5.41) is 6.97. The first-order valence-corrected chi connectivity index (χ1v) is 9.25. The van der Waals surface area contributed by atoms with Gasteiger partial charge in [-0.05, 0) is 0 Å². The molecule has 0 aromatic heterocycles. The number of halogens is 2. The Bertz CT molecular complexity index is 507. The second kappa shape index (κ2) is 18.5. The van der Waals surface area contributed by atoms with E-state index in [1.807, 2.05) is 20.8 Å². The van der Waals surface area contributed by atoms with E-state index in [4.69, 9.17) is 5.73 Å². The Morgan fingerprint density at radius 2 is 1.38 bits per heavy atom. The van der Waals surface area contributed by atoms with Crippen molar-refractivity contribution < 1.29 is 19.8 Å². The van der Waals surface area contributed by atoms with Crippen LogP contribution in [0.25, 0.3) is 21.8 Å². The van der Waals surface area contributed by atoms with Crippen LogP contribution in [0.5, 0.6) is 0 Å². The molecule has 2 rings (SSSR count). The Morgan fingerprint density at radius 1 is 1.00 bits per heavy atom. The average molecular weight is 433 g/mol. The van der Waals surface area contributed by atoms with Gasteiger partial charge in [0, 0.05) is 0 Å². The molecule has 149 valence electrons. The molecular weight excluding hydrogens is 398 g/mol. The van der Waals surface area contributed by atoms with E-state index in [0.29, 0.717) is 12.1 Å². The fourth-order valence-corrected chi connectivity index (χ4v) is 1.90. The summed E-state index contributed by atoms with van der Waals surface area (Å²) < 4.78 is 0. The predicted molar refractivity (Wildman–Crippen MR) is 122 cm³/mol. The summed E-state index contributed by atoms with van der Waals surface area (Å²) in [4.78, 5) is 0. The van der Waals surface area contributed by atoms with Crippen molar-refractivity contribution >= 4 is 41.2 Å². The number of aryl methyl sites for hydroxylation is 1. The van der Waals surface area contributed by atoms with Crippen LogP contribution in [0.1, 0.15) is 54.0 Å². The summed E-state index contributed by atoms with van der Waals surface area (Å²) in [6.07, 6.45) is 0. The van der Waals surface area contributed by atoms with E-state index >= 15 is 0 Å². The van der Waals surface area contributed by atoms with Crippen LogP contribution in [-0.2, 0) is 19.8 Å². The van der Waals surface area contributed by atoms with Crippen LogP contribution >= 0.6 is 24.8 Å². The van der Waals surface area contributed by atoms with Gasteiger partial charge in [0.25, 0.3) is 0 Å². The molecule has 1 radical (unpaired) electrons. The number of nitrogens with zero attached hydrogens (tertiary/aromatic N) is 1. The number of fused-ring (bicyclic) bond motifs is 1. The summed E-state index contributed by atoms with van der Waals surface area (Å²) in [5.74, 6) is 0. The van der Waals surface area contributed by atoms with Crippen molar-refractivity contribution in [2.45, 2.75) is 73.0 Å². The Balaban J connectivity index is -0.000000136. The topological polar surface area (TPSA) is 37.9 Å². The van der Waals surface area contributed by atoms with Gasteiger partial charge in [-0.1, -0.05) is 61.5 Å².